The van der Waals surface area contributed by atoms with Crippen molar-refractivity contribution in [3.8, 4) is 0 Å². The van der Waals surface area contributed by atoms with Crippen LogP contribution >= 0.6 is 0 Å². The molecule has 1 N–H and O–H groups in total. The van der Waals surface area contributed by atoms with E-state index in [-0.39, 0.29) is 0 Å². The lowest BCUT2D eigenvalue weighted by Crippen LogP contribution is -2.46. The Morgan fingerprint density at radius 3 is 2.52 bits per heavy atom. The molecule has 5 nitrogen and oxygen atoms in total. The SMILES string of the molecule is c1nc(NC2CCC(N3CCOCC3)CC2)c2cc(C3CCC3)ccc2n1. The van der Waals surface area contributed by atoms with Gasteiger partial charge in [0.15, 0.2) is 0 Å². The van der Waals surface area contributed by atoms with Crippen LogP contribution in [0, 0.1) is 0 Å². The number of morpholine rings is 1. The number of anilines is 1. The Kier molecular flexibility index (Phi) is 4.97. The van der Waals surface area contributed by atoms with Gasteiger partial charge in [0, 0.05) is 30.6 Å². The van der Waals surface area contributed by atoms with Crippen molar-refractivity contribution in [1.29, 1.82) is 0 Å². The molecule has 0 bridgehead atoms. The largest absolute Gasteiger partial charge is 0.379 e. The lowest BCUT2D eigenvalue weighted by Gasteiger charge is -2.39. The second-order valence-electron chi connectivity index (χ2n) is 8.42. The van der Waals surface area contributed by atoms with Crippen molar-refractivity contribution in [3.05, 3.63) is 30.1 Å². The maximum Gasteiger partial charge on any atom is 0.137 e. The van der Waals surface area contributed by atoms with Crippen molar-refractivity contribution in [3.63, 3.8) is 0 Å². The quantitative estimate of drug-likeness (QED) is 0.888. The molecule has 1 aromatic heterocycles. The van der Waals surface area contributed by atoms with Crippen molar-refractivity contribution in [2.24, 2.45) is 0 Å². The average Bonchev–Trinajstić information content (AvgIpc) is 2.68. The smallest absolute Gasteiger partial charge is 0.137 e. The molecule has 5 heteroatoms. The number of nitrogens with one attached hydrogen (secondary N) is 1. The monoisotopic (exact) mass is 366 g/mol. The number of fused-ring (bicyclic) bond motifs is 1. The summed E-state index contributed by atoms with van der Waals surface area (Å²) < 4.78 is 5.50. The van der Waals surface area contributed by atoms with Gasteiger partial charge in [0.25, 0.3) is 0 Å². The molecule has 0 spiro atoms. The van der Waals surface area contributed by atoms with Crippen LogP contribution < -0.4 is 5.32 Å². The Labute approximate surface area is 161 Å². The summed E-state index contributed by atoms with van der Waals surface area (Å²) in [5, 5.41) is 4.95. The lowest BCUT2D eigenvalue weighted by molar-refractivity contribution is 0.00791. The zero-order valence-electron chi connectivity index (χ0n) is 16.1. The molecule has 1 aromatic carbocycles. The highest BCUT2D eigenvalue weighted by Gasteiger charge is 2.27. The Morgan fingerprint density at radius 2 is 1.78 bits per heavy atom. The fourth-order valence-electron chi connectivity index (χ4n) is 4.91. The molecule has 0 unspecified atom stereocenters. The molecule has 3 aliphatic rings. The van der Waals surface area contributed by atoms with E-state index in [1.54, 1.807) is 6.33 Å². The van der Waals surface area contributed by atoms with E-state index in [4.69, 9.17) is 4.74 Å². The van der Waals surface area contributed by atoms with Gasteiger partial charge in [0.2, 0.25) is 0 Å². The van der Waals surface area contributed by atoms with E-state index in [1.807, 2.05) is 0 Å². The Hall–Kier alpha value is -1.72. The highest BCUT2D eigenvalue weighted by Crippen LogP contribution is 2.38. The fraction of sp³-hybridized carbons (Fsp3) is 0.636. The number of aromatic nitrogens is 2. The van der Waals surface area contributed by atoms with Gasteiger partial charge in [0.1, 0.15) is 12.1 Å². The van der Waals surface area contributed by atoms with Gasteiger partial charge in [-0.2, -0.15) is 0 Å². The Morgan fingerprint density at radius 1 is 0.963 bits per heavy atom. The first-order valence-electron chi connectivity index (χ1n) is 10.7. The first-order chi connectivity index (χ1) is 13.4. The topological polar surface area (TPSA) is 50.3 Å². The zero-order valence-corrected chi connectivity index (χ0v) is 16.1. The number of ether oxygens (including phenoxy) is 1. The van der Waals surface area contributed by atoms with E-state index in [2.05, 4.69) is 38.4 Å². The second-order valence-corrected chi connectivity index (χ2v) is 8.42. The summed E-state index contributed by atoms with van der Waals surface area (Å²) in [6.07, 6.45) is 10.7. The molecule has 2 aromatic rings. The summed E-state index contributed by atoms with van der Waals surface area (Å²) in [6, 6.07) is 8.02. The molecular weight excluding hydrogens is 336 g/mol. The summed E-state index contributed by atoms with van der Waals surface area (Å²) in [4.78, 5) is 11.7. The van der Waals surface area contributed by atoms with Crippen molar-refractivity contribution >= 4 is 16.7 Å². The normalized spacial score (nSPS) is 27.4. The van der Waals surface area contributed by atoms with E-state index in [0.717, 1.165) is 49.6 Å². The summed E-state index contributed by atoms with van der Waals surface area (Å²) in [7, 11) is 0. The highest BCUT2D eigenvalue weighted by atomic mass is 16.5. The maximum absolute atomic E-state index is 5.50. The van der Waals surface area contributed by atoms with Crippen molar-refractivity contribution in [1.82, 2.24) is 14.9 Å². The number of rotatable bonds is 4. The summed E-state index contributed by atoms with van der Waals surface area (Å²) in [5.74, 6) is 1.77. The summed E-state index contributed by atoms with van der Waals surface area (Å²) in [5.41, 5.74) is 2.51. The minimum absolute atomic E-state index is 0.521. The predicted molar refractivity (Wildman–Crippen MR) is 108 cm³/mol. The van der Waals surface area contributed by atoms with Crippen LogP contribution in [0.4, 0.5) is 5.82 Å². The minimum atomic E-state index is 0.521. The molecule has 5 rings (SSSR count). The Bertz CT molecular complexity index is 777. The van der Waals surface area contributed by atoms with Crippen LogP contribution in [0.5, 0.6) is 0 Å². The molecule has 3 fully saturated rings. The molecule has 1 aliphatic heterocycles. The number of nitrogens with zero attached hydrogens (tertiary/aromatic N) is 3. The first-order valence-corrected chi connectivity index (χ1v) is 10.7. The molecule has 0 atom stereocenters. The van der Waals surface area contributed by atoms with Gasteiger partial charge in [-0.25, -0.2) is 9.97 Å². The van der Waals surface area contributed by atoms with E-state index in [1.165, 1.54) is 55.9 Å². The van der Waals surface area contributed by atoms with Gasteiger partial charge in [-0.1, -0.05) is 12.5 Å². The zero-order chi connectivity index (χ0) is 18.1. The van der Waals surface area contributed by atoms with Crippen molar-refractivity contribution in [2.75, 3.05) is 31.6 Å². The molecular formula is C22H30N4O. The first kappa shape index (κ1) is 17.4. The maximum atomic E-state index is 5.50. The molecule has 1 saturated heterocycles. The van der Waals surface area contributed by atoms with Crippen LogP contribution in [0.1, 0.15) is 56.4 Å². The standard InChI is InChI=1S/C22H30N4O/c1-2-16(3-1)17-4-9-21-20(14-17)22(24-15-23-21)25-18-5-7-19(8-6-18)26-10-12-27-13-11-26/h4,9,14-16,18-19H,1-3,5-8,10-13H2,(H,23,24,25). The molecule has 0 radical (unpaired) electrons. The van der Waals surface area contributed by atoms with Crippen LogP contribution in [-0.2, 0) is 4.74 Å². The second kappa shape index (κ2) is 7.72. The van der Waals surface area contributed by atoms with E-state index in [9.17, 15) is 0 Å². The Balaban J connectivity index is 1.27. The molecule has 144 valence electrons. The molecule has 2 aliphatic carbocycles. The van der Waals surface area contributed by atoms with Crippen LogP contribution in [-0.4, -0.2) is 53.3 Å². The average molecular weight is 367 g/mol. The van der Waals surface area contributed by atoms with E-state index >= 15 is 0 Å². The highest BCUT2D eigenvalue weighted by molar-refractivity contribution is 5.89. The van der Waals surface area contributed by atoms with Crippen LogP contribution in [0.15, 0.2) is 24.5 Å². The van der Waals surface area contributed by atoms with Gasteiger partial charge in [-0.15, -0.1) is 0 Å². The van der Waals surface area contributed by atoms with Crippen molar-refractivity contribution in [2.45, 2.75) is 62.9 Å². The van der Waals surface area contributed by atoms with Gasteiger partial charge in [-0.3, -0.25) is 4.90 Å². The minimum Gasteiger partial charge on any atom is -0.379 e. The fourth-order valence-corrected chi connectivity index (χ4v) is 4.91. The van der Waals surface area contributed by atoms with Gasteiger partial charge in [0.05, 0.1) is 18.7 Å². The lowest BCUT2D eigenvalue weighted by atomic mass is 9.80. The molecule has 27 heavy (non-hydrogen) atoms. The van der Waals surface area contributed by atoms with Crippen LogP contribution in [0.2, 0.25) is 0 Å². The summed E-state index contributed by atoms with van der Waals surface area (Å²) >= 11 is 0. The van der Waals surface area contributed by atoms with Gasteiger partial charge in [-0.05, 0) is 62.1 Å². The van der Waals surface area contributed by atoms with Crippen molar-refractivity contribution < 1.29 is 4.74 Å². The number of benzene rings is 1. The van der Waals surface area contributed by atoms with Crippen LogP contribution in [0.3, 0.4) is 0 Å². The number of hydrogen-bond donors (Lipinski definition) is 1. The third-order valence-corrected chi connectivity index (χ3v) is 6.84. The molecule has 2 saturated carbocycles. The van der Waals surface area contributed by atoms with E-state index < -0.39 is 0 Å². The summed E-state index contributed by atoms with van der Waals surface area (Å²) in [6.45, 7) is 4.00. The third-order valence-electron chi connectivity index (χ3n) is 6.84. The van der Waals surface area contributed by atoms with Gasteiger partial charge >= 0.3 is 0 Å². The predicted octanol–water partition coefficient (Wildman–Crippen LogP) is 3.95. The van der Waals surface area contributed by atoms with Crippen LogP contribution in [0.25, 0.3) is 10.9 Å². The molecule has 0 amide bonds. The van der Waals surface area contributed by atoms with E-state index in [0.29, 0.717) is 6.04 Å². The third kappa shape index (κ3) is 3.67. The van der Waals surface area contributed by atoms with Gasteiger partial charge < -0.3 is 10.1 Å². The molecule has 2 heterocycles. The number of hydrogen-bond acceptors (Lipinski definition) is 5.